The molecule has 138 valence electrons. The highest BCUT2D eigenvalue weighted by Crippen LogP contribution is 2.30. The Morgan fingerprint density at radius 1 is 0.929 bits per heavy atom. The molecule has 1 aliphatic heterocycles. The molecule has 1 aliphatic rings. The van der Waals surface area contributed by atoms with Crippen LogP contribution < -0.4 is 0 Å². The maximum Gasteiger partial charge on any atom is 0.343 e. The number of carbonyl (C=O) groups excluding carboxylic acids is 1. The normalized spacial score (nSPS) is 14.8. The second-order valence-corrected chi connectivity index (χ2v) is 6.93. The molecular formula is C21H12BrNO5. The van der Waals surface area contributed by atoms with Crippen molar-refractivity contribution in [2.75, 3.05) is 0 Å². The Bertz CT molecular complexity index is 1120. The van der Waals surface area contributed by atoms with E-state index in [0.717, 1.165) is 10.0 Å². The summed E-state index contributed by atoms with van der Waals surface area (Å²) in [4.78, 5) is 22.4. The van der Waals surface area contributed by atoms with Gasteiger partial charge in [-0.3, -0.25) is 10.1 Å². The van der Waals surface area contributed by atoms with Crippen LogP contribution in [0.1, 0.15) is 11.3 Å². The monoisotopic (exact) mass is 437 g/mol. The summed E-state index contributed by atoms with van der Waals surface area (Å²) in [5.74, 6) is 1.05. The van der Waals surface area contributed by atoms with Crippen LogP contribution >= 0.6 is 15.9 Å². The van der Waals surface area contributed by atoms with Crippen LogP contribution in [0.15, 0.2) is 81.2 Å². The molecule has 7 heteroatoms. The fourth-order valence-electron chi connectivity index (χ4n) is 2.73. The SMILES string of the molecule is O=C1OC(c2ccc(Br)cc2)=C/C1=C\c1ccc(-c2ccc([N+](=O)[O-])cc2)o1. The number of furan rings is 1. The number of nitrogens with zero attached hydrogens (tertiary/aromatic N) is 1. The van der Waals surface area contributed by atoms with E-state index in [-0.39, 0.29) is 5.69 Å². The second kappa shape index (κ2) is 7.28. The minimum atomic E-state index is -0.456. The molecule has 2 aromatic carbocycles. The van der Waals surface area contributed by atoms with Gasteiger partial charge in [0, 0.05) is 27.7 Å². The third-order valence-electron chi connectivity index (χ3n) is 4.14. The molecule has 0 amide bonds. The van der Waals surface area contributed by atoms with E-state index in [2.05, 4.69) is 15.9 Å². The molecule has 0 spiro atoms. The lowest BCUT2D eigenvalue weighted by molar-refractivity contribution is -0.384. The van der Waals surface area contributed by atoms with E-state index in [9.17, 15) is 14.9 Å². The summed E-state index contributed by atoms with van der Waals surface area (Å²) in [6, 6.07) is 17.0. The van der Waals surface area contributed by atoms with Gasteiger partial charge >= 0.3 is 5.97 Å². The number of nitro benzene ring substituents is 1. The number of benzene rings is 2. The van der Waals surface area contributed by atoms with Crippen molar-refractivity contribution in [1.82, 2.24) is 0 Å². The molecule has 6 nitrogen and oxygen atoms in total. The van der Waals surface area contributed by atoms with Crippen molar-refractivity contribution in [2.45, 2.75) is 0 Å². The van der Waals surface area contributed by atoms with Gasteiger partial charge in [-0.1, -0.05) is 28.1 Å². The summed E-state index contributed by atoms with van der Waals surface area (Å²) < 4.78 is 12.0. The van der Waals surface area contributed by atoms with Gasteiger partial charge in [0.1, 0.15) is 17.3 Å². The molecule has 0 saturated heterocycles. The van der Waals surface area contributed by atoms with Crippen molar-refractivity contribution in [3.05, 3.63) is 98.2 Å². The summed E-state index contributed by atoms with van der Waals surface area (Å²) in [7, 11) is 0. The fraction of sp³-hybridized carbons (Fsp3) is 0. The van der Waals surface area contributed by atoms with E-state index in [1.807, 2.05) is 24.3 Å². The predicted molar refractivity (Wildman–Crippen MR) is 107 cm³/mol. The van der Waals surface area contributed by atoms with Crippen molar-refractivity contribution in [3.8, 4) is 11.3 Å². The third-order valence-corrected chi connectivity index (χ3v) is 4.67. The van der Waals surface area contributed by atoms with Gasteiger partial charge in [0.15, 0.2) is 0 Å². The summed E-state index contributed by atoms with van der Waals surface area (Å²) >= 11 is 3.37. The van der Waals surface area contributed by atoms with Crippen LogP contribution in [0.25, 0.3) is 23.2 Å². The first-order valence-corrected chi connectivity index (χ1v) is 9.05. The van der Waals surface area contributed by atoms with Crippen LogP contribution in [0.5, 0.6) is 0 Å². The zero-order valence-corrected chi connectivity index (χ0v) is 15.9. The van der Waals surface area contributed by atoms with Crippen molar-refractivity contribution < 1.29 is 18.9 Å². The lowest BCUT2D eigenvalue weighted by Crippen LogP contribution is -1.96. The molecule has 0 radical (unpaired) electrons. The zero-order chi connectivity index (χ0) is 19.7. The molecule has 28 heavy (non-hydrogen) atoms. The molecule has 4 rings (SSSR count). The van der Waals surface area contributed by atoms with E-state index < -0.39 is 10.9 Å². The van der Waals surface area contributed by atoms with Crippen molar-refractivity contribution in [3.63, 3.8) is 0 Å². The number of hydrogen-bond donors (Lipinski definition) is 0. The summed E-state index contributed by atoms with van der Waals surface area (Å²) in [5, 5.41) is 10.7. The Labute approximate surface area is 168 Å². The average molecular weight is 438 g/mol. The third kappa shape index (κ3) is 3.65. The number of halogens is 1. The maximum atomic E-state index is 12.2. The number of esters is 1. The Balaban J connectivity index is 1.58. The van der Waals surface area contributed by atoms with Crippen molar-refractivity contribution in [1.29, 1.82) is 0 Å². The van der Waals surface area contributed by atoms with E-state index >= 15 is 0 Å². The number of nitro groups is 1. The first kappa shape index (κ1) is 17.9. The molecule has 0 bridgehead atoms. The fourth-order valence-corrected chi connectivity index (χ4v) is 3.00. The molecule has 0 fully saturated rings. The number of ether oxygens (including phenoxy) is 1. The molecule has 0 N–H and O–H groups in total. The largest absolute Gasteiger partial charge is 0.457 e. The van der Waals surface area contributed by atoms with Gasteiger partial charge < -0.3 is 9.15 Å². The van der Waals surface area contributed by atoms with Gasteiger partial charge in [-0.25, -0.2) is 4.79 Å². The number of carbonyl (C=O) groups is 1. The van der Waals surface area contributed by atoms with Crippen molar-refractivity contribution >= 4 is 39.4 Å². The van der Waals surface area contributed by atoms with Crippen LogP contribution in [0.2, 0.25) is 0 Å². The molecule has 2 heterocycles. The maximum absolute atomic E-state index is 12.2. The topological polar surface area (TPSA) is 82.6 Å². The molecule has 0 atom stereocenters. The number of non-ortho nitro benzene ring substituents is 1. The first-order valence-electron chi connectivity index (χ1n) is 8.26. The minimum Gasteiger partial charge on any atom is -0.457 e. The Kier molecular flexibility index (Phi) is 4.67. The highest BCUT2D eigenvalue weighted by atomic mass is 79.9. The Morgan fingerprint density at radius 2 is 1.61 bits per heavy atom. The zero-order valence-electron chi connectivity index (χ0n) is 14.3. The van der Waals surface area contributed by atoms with Gasteiger partial charge in [0.25, 0.3) is 5.69 Å². The van der Waals surface area contributed by atoms with E-state index in [1.165, 1.54) is 12.1 Å². The van der Waals surface area contributed by atoms with Gasteiger partial charge in [-0.15, -0.1) is 0 Å². The van der Waals surface area contributed by atoms with Gasteiger partial charge in [0.2, 0.25) is 0 Å². The minimum absolute atomic E-state index is 0.0111. The molecule has 1 aromatic heterocycles. The van der Waals surface area contributed by atoms with E-state index in [4.69, 9.17) is 9.15 Å². The van der Waals surface area contributed by atoms with Crippen molar-refractivity contribution in [2.24, 2.45) is 0 Å². The first-order chi connectivity index (χ1) is 13.5. The van der Waals surface area contributed by atoms with Crippen LogP contribution in [-0.2, 0) is 9.53 Å². The predicted octanol–water partition coefficient (Wildman–Crippen LogP) is 5.60. The molecule has 0 unspecified atom stereocenters. The van der Waals surface area contributed by atoms with E-state index in [0.29, 0.717) is 28.4 Å². The van der Waals surface area contributed by atoms with Crippen LogP contribution in [0.3, 0.4) is 0 Å². The van der Waals surface area contributed by atoms with E-state index in [1.54, 1.807) is 36.4 Å². The standard InChI is InChI=1S/C21H12BrNO5/c22-16-5-1-14(2-6-16)20-12-15(21(24)28-20)11-18-9-10-19(27-18)13-3-7-17(8-4-13)23(25)26/h1-12H/b15-11+. The molecular weight excluding hydrogens is 426 g/mol. The van der Waals surface area contributed by atoms with Crippen LogP contribution in [-0.4, -0.2) is 10.9 Å². The second-order valence-electron chi connectivity index (χ2n) is 6.01. The van der Waals surface area contributed by atoms with Gasteiger partial charge in [-0.2, -0.15) is 0 Å². The van der Waals surface area contributed by atoms with Crippen LogP contribution in [0.4, 0.5) is 5.69 Å². The van der Waals surface area contributed by atoms with Gasteiger partial charge in [-0.05, 0) is 48.6 Å². The van der Waals surface area contributed by atoms with Gasteiger partial charge in [0.05, 0.1) is 10.5 Å². The Hall–Kier alpha value is -3.45. The number of rotatable bonds is 4. The summed E-state index contributed by atoms with van der Waals surface area (Å²) in [6.07, 6.45) is 3.27. The number of hydrogen-bond acceptors (Lipinski definition) is 5. The quantitative estimate of drug-likeness (QED) is 0.229. The lowest BCUT2D eigenvalue weighted by atomic mass is 10.1. The smallest absolute Gasteiger partial charge is 0.343 e. The lowest BCUT2D eigenvalue weighted by Gasteiger charge is -2.01. The molecule has 0 saturated carbocycles. The highest BCUT2D eigenvalue weighted by molar-refractivity contribution is 9.10. The summed E-state index contributed by atoms with van der Waals surface area (Å²) in [5.41, 5.74) is 1.89. The number of cyclic esters (lactones) is 1. The molecule has 3 aromatic rings. The highest BCUT2D eigenvalue weighted by Gasteiger charge is 2.22. The molecule has 0 aliphatic carbocycles. The Morgan fingerprint density at radius 3 is 2.29 bits per heavy atom. The van der Waals surface area contributed by atoms with Crippen LogP contribution in [0, 0.1) is 10.1 Å². The average Bonchev–Trinajstić information content (AvgIpc) is 3.30. The summed E-state index contributed by atoms with van der Waals surface area (Å²) in [6.45, 7) is 0.